The molecule has 2 heterocycles. The Balaban J connectivity index is 1.72. The van der Waals surface area contributed by atoms with Crippen molar-refractivity contribution in [3.63, 3.8) is 0 Å². The van der Waals surface area contributed by atoms with Crippen molar-refractivity contribution >= 4 is 0 Å². The van der Waals surface area contributed by atoms with Gasteiger partial charge in [-0.05, 0) is 67.3 Å². The van der Waals surface area contributed by atoms with Gasteiger partial charge in [0.15, 0.2) is 0 Å². The van der Waals surface area contributed by atoms with Gasteiger partial charge in [-0.1, -0.05) is 45.0 Å². The maximum Gasteiger partial charge on any atom is 0.124 e. The Hall–Kier alpha value is -1.75. The number of hydrogen-bond acceptors (Lipinski definition) is 4. The summed E-state index contributed by atoms with van der Waals surface area (Å²) in [6.45, 7) is 10.1. The van der Waals surface area contributed by atoms with Crippen molar-refractivity contribution < 1.29 is 10.2 Å². The van der Waals surface area contributed by atoms with Crippen molar-refractivity contribution in [2.75, 3.05) is 20.1 Å². The fraction of sp³-hybridized carbons (Fsp3) is 0.577. The van der Waals surface area contributed by atoms with Gasteiger partial charge < -0.3 is 15.1 Å². The van der Waals surface area contributed by atoms with E-state index in [0.717, 1.165) is 37.1 Å². The zero-order valence-corrected chi connectivity index (χ0v) is 19.0. The maximum absolute atomic E-state index is 12.3. The fourth-order valence-corrected chi connectivity index (χ4v) is 5.56. The molecule has 1 saturated heterocycles. The summed E-state index contributed by atoms with van der Waals surface area (Å²) in [6, 6.07) is 10.7. The van der Waals surface area contributed by atoms with E-state index in [9.17, 15) is 10.2 Å². The van der Waals surface area contributed by atoms with Gasteiger partial charge >= 0.3 is 0 Å². The first-order valence-electron chi connectivity index (χ1n) is 11.3. The van der Waals surface area contributed by atoms with E-state index in [0.29, 0.717) is 17.8 Å². The van der Waals surface area contributed by atoms with Crippen molar-refractivity contribution in [2.24, 2.45) is 11.3 Å². The molecule has 4 heteroatoms. The van der Waals surface area contributed by atoms with E-state index < -0.39 is 5.60 Å². The molecule has 4 rings (SSSR count). The Morgan fingerprint density at radius 2 is 1.80 bits per heavy atom. The molecule has 1 aliphatic heterocycles. The molecule has 0 radical (unpaired) electrons. The molecule has 2 aromatic rings. The van der Waals surface area contributed by atoms with Gasteiger partial charge in [-0.25, -0.2) is 0 Å². The van der Waals surface area contributed by atoms with Crippen LogP contribution in [0.1, 0.15) is 74.6 Å². The number of aliphatic hydroxyl groups is 2. The highest BCUT2D eigenvalue weighted by atomic mass is 16.3. The Morgan fingerprint density at radius 1 is 1.13 bits per heavy atom. The van der Waals surface area contributed by atoms with Crippen LogP contribution in [0.5, 0.6) is 0 Å². The first-order chi connectivity index (χ1) is 14.1. The molecule has 1 saturated carbocycles. The Kier molecular flexibility index (Phi) is 5.54. The summed E-state index contributed by atoms with van der Waals surface area (Å²) in [5.41, 5.74) is 2.93. The van der Waals surface area contributed by atoms with Gasteiger partial charge in [0, 0.05) is 36.5 Å². The molecular formula is C26H36N2O2. The second-order valence-corrected chi connectivity index (χ2v) is 10.4. The minimum absolute atomic E-state index is 0.267. The predicted octanol–water partition coefficient (Wildman–Crippen LogP) is 4.27. The average molecular weight is 409 g/mol. The third kappa shape index (κ3) is 3.70. The molecule has 1 aromatic heterocycles. The summed E-state index contributed by atoms with van der Waals surface area (Å²) in [5.74, 6) is 1.42. The van der Waals surface area contributed by atoms with Crippen LogP contribution in [0.15, 0.2) is 42.7 Å². The minimum Gasteiger partial charge on any atom is -0.393 e. The topological polar surface area (TPSA) is 56.6 Å². The van der Waals surface area contributed by atoms with Crippen LogP contribution in [-0.2, 0) is 5.60 Å². The van der Waals surface area contributed by atoms with Crippen molar-refractivity contribution in [1.29, 1.82) is 0 Å². The van der Waals surface area contributed by atoms with Gasteiger partial charge in [0.25, 0.3) is 0 Å². The van der Waals surface area contributed by atoms with Gasteiger partial charge in [0.05, 0.1) is 6.10 Å². The van der Waals surface area contributed by atoms with Crippen molar-refractivity contribution in [2.45, 2.75) is 64.1 Å². The maximum atomic E-state index is 12.3. The lowest BCUT2D eigenvalue weighted by Crippen LogP contribution is -2.63. The lowest BCUT2D eigenvalue weighted by molar-refractivity contribution is -0.127. The highest BCUT2D eigenvalue weighted by Crippen LogP contribution is 2.53. The van der Waals surface area contributed by atoms with E-state index in [1.807, 2.05) is 19.3 Å². The molecule has 2 aliphatic rings. The second-order valence-electron chi connectivity index (χ2n) is 10.4. The van der Waals surface area contributed by atoms with Gasteiger partial charge in [-0.2, -0.15) is 0 Å². The van der Waals surface area contributed by atoms with Gasteiger partial charge in [-0.3, -0.25) is 4.98 Å². The van der Waals surface area contributed by atoms with E-state index >= 15 is 0 Å². The highest BCUT2D eigenvalue weighted by molar-refractivity contribution is 5.43. The van der Waals surface area contributed by atoms with E-state index in [1.54, 1.807) is 0 Å². The number of benzene rings is 1. The number of pyridine rings is 1. The summed E-state index contributed by atoms with van der Waals surface area (Å²) < 4.78 is 0. The molecular weight excluding hydrogens is 372 g/mol. The third-order valence-electron chi connectivity index (χ3n) is 7.28. The van der Waals surface area contributed by atoms with Crippen LogP contribution in [0, 0.1) is 11.3 Å². The molecule has 4 nitrogen and oxygen atoms in total. The monoisotopic (exact) mass is 408 g/mol. The van der Waals surface area contributed by atoms with E-state index in [2.05, 4.69) is 68.0 Å². The molecule has 1 aliphatic carbocycles. The largest absolute Gasteiger partial charge is 0.393 e. The lowest BCUT2D eigenvalue weighted by Gasteiger charge is -2.56. The van der Waals surface area contributed by atoms with Crippen LogP contribution < -0.4 is 0 Å². The van der Waals surface area contributed by atoms with Crippen LogP contribution in [0.2, 0.25) is 0 Å². The molecule has 0 spiro atoms. The summed E-state index contributed by atoms with van der Waals surface area (Å²) >= 11 is 0. The van der Waals surface area contributed by atoms with Crippen molar-refractivity contribution in [3.8, 4) is 0 Å². The SMILES string of the molecule is CC(O)CC1CC1c1cncc([C@@](O)(c2ccc(C(C)C)cc2)C2(C)CN(C)C2)c1. The summed E-state index contributed by atoms with van der Waals surface area (Å²) in [6.07, 6.45) is 5.44. The van der Waals surface area contributed by atoms with Crippen LogP contribution >= 0.6 is 0 Å². The quantitative estimate of drug-likeness (QED) is 0.718. The first kappa shape index (κ1) is 21.5. The van der Waals surface area contributed by atoms with Crippen molar-refractivity contribution in [3.05, 3.63) is 65.0 Å². The number of aliphatic hydroxyl groups excluding tert-OH is 1. The Labute approximate surface area is 181 Å². The lowest BCUT2D eigenvalue weighted by atomic mass is 9.62. The zero-order chi connectivity index (χ0) is 21.7. The van der Waals surface area contributed by atoms with Crippen LogP contribution in [0.25, 0.3) is 0 Å². The normalized spacial score (nSPS) is 26.1. The van der Waals surface area contributed by atoms with E-state index in [4.69, 9.17) is 0 Å². The molecule has 1 aromatic carbocycles. The number of rotatable bonds is 7. The van der Waals surface area contributed by atoms with Crippen molar-refractivity contribution in [1.82, 2.24) is 9.88 Å². The first-order valence-corrected chi connectivity index (χ1v) is 11.3. The Bertz CT molecular complexity index is 886. The van der Waals surface area contributed by atoms with Crippen LogP contribution in [-0.4, -0.2) is 46.3 Å². The fourth-order valence-electron chi connectivity index (χ4n) is 5.56. The van der Waals surface area contributed by atoms with Gasteiger partial charge in [0.2, 0.25) is 0 Å². The number of hydrogen-bond donors (Lipinski definition) is 2. The molecule has 30 heavy (non-hydrogen) atoms. The van der Waals surface area contributed by atoms with Crippen LogP contribution in [0.3, 0.4) is 0 Å². The average Bonchev–Trinajstić information content (AvgIpc) is 3.44. The smallest absolute Gasteiger partial charge is 0.124 e. The van der Waals surface area contributed by atoms with Crippen LogP contribution in [0.4, 0.5) is 0 Å². The highest BCUT2D eigenvalue weighted by Gasteiger charge is 2.55. The zero-order valence-electron chi connectivity index (χ0n) is 19.0. The number of aromatic nitrogens is 1. The number of nitrogens with zero attached hydrogens (tertiary/aromatic N) is 2. The molecule has 3 unspecified atom stereocenters. The van der Waals surface area contributed by atoms with E-state index in [1.165, 1.54) is 11.1 Å². The van der Waals surface area contributed by atoms with E-state index in [-0.39, 0.29) is 11.5 Å². The van der Waals surface area contributed by atoms with Gasteiger partial charge in [0.1, 0.15) is 5.60 Å². The third-order valence-corrected chi connectivity index (χ3v) is 7.28. The summed E-state index contributed by atoms with van der Waals surface area (Å²) in [5, 5.41) is 22.0. The second kappa shape index (κ2) is 7.74. The standard InChI is InChI=1S/C26H36N2O2/c1-17(2)19-6-8-22(9-7-19)26(30,25(4)15-28(5)16-25)23-11-21(13-27-14-23)24-12-20(24)10-18(3)29/h6-9,11,13-14,17-18,20,24,29-30H,10,12,15-16H2,1-5H3/t18?,20?,24?,26-/m0/s1. The molecule has 162 valence electrons. The minimum atomic E-state index is -1.09. The summed E-state index contributed by atoms with van der Waals surface area (Å²) in [7, 11) is 2.10. The molecule has 2 N–H and O–H groups in total. The molecule has 2 fully saturated rings. The predicted molar refractivity (Wildman–Crippen MR) is 121 cm³/mol. The van der Waals surface area contributed by atoms with Gasteiger partial charge in [-0.15, -0.1) is 0 Å². The Morgan fingerprint density at radius 3 is 2.37 bits per heavy atom. The number of likely N-dealkylation sites (tertiary alicyclic amines) is 1. The molecule has 4 atom stereocenters. The molecule has 0 amide bonds. The molecule has 0 bridgehead atoms. The summed E-state index contributed by atoms with van der Waals surface area (Å²) in [4.78, 5) is 6.81.